The number of nitrogens with zero attached hydrogens (tertiary/aromatic N) is 1. The highest BCUT2D eigenvalue weighted by Gasteiger charge is 2.06. The molecular weight excluding hydrogens is 160 g/mol. The quantitative estimate of drug-likeness (QED) is 0.690. The number of aryl methyl sites for hydroxylation is 1. The maximum absolute atomic E-state index is 9.21. The molecule has 0 saturated heterocycles. The van der Waals surface area contributed by atoms with Gasteiger partial charge in [-0.05, 0) is 6.92 Å². The van der Waals surface area contributed by atoms with E-state index in [2.05, 4.69) is 4.98 Å². The first-order chi connectivity index (χ1) is 5.24. The Morgan fingerprint density at radius 2 is 2.55 bits per heavy atom. The van der Waals surface area contributed by atoms with Crippen LogP contribution in [0, 0.1) is 6.92 Å². The van der Waals surface area contributed by atoms with Crippen molar-refractivity contribution in [2.75, 3.05) is 6.54 Å². The van der Waals surface area contributed by atoms with Crippen LogP contribution < -0.4 is 5.73 Å². The van der Waals surface area contributed by atoms with Gasteiger partial charge in [-0.1, -0.05) is 0 Å². The maximum atomic E-state index is 9.21. The van der Waals surface area contributed by atoms with Crippen molar-refractivity contribution >= 4 is 11.3 Å². The van der Waals surface area contributed by atoms with Gasteiger partial charge < -0.3 is 10.8 Å². The summed E-state index contributed by atoms with van der Waals surface area (Å²) in [5.74, 6) is 0. The minimum atomic E-state index is -0.422. The minimum Gasteiger partial charge on any atom is -0.391 e. The Kier molecular flexibility index (Phi) is 2.99. The number of aromatic nitrogens is 1. The van der Waals surface area contributed by atoms with E-state index in [0.717, 1.165) is 10.6 Å². The molecule has 0 bridgehead atoms. The monoisotopic (exact) mass is 172 g/mol. The van der Waals surface area contributed by atoms with Crippen molar-refractivity contribution in [3.8, 4) is 0 Å². The predicted molar refractivity (Wildman–Crippen MR) is 45.6 cm³/mol. The standard InChI is InChI=1S/C7H12N2OS/c1-5-7(11-4-9-5)2-6(10)3-8/h4,6,10H,2-3,8H2,1H3. The van der Waals surface area contributed by atoms with Gasteiger partial charge in [0.2, 0.25) is 0 Å². The van der Waals surface area contributed by atoms with Crippen LogP contribution in [-0.4, -0.2) is 22.7 Å². The van der Waals surface area contributed by atoms with E-state index in [4.69, 9.17) is 5.73 Å². The molecule has 0 radical (unpaired) electrons. The Bertz CT molecular complexity index is 224. The first-order valence-corrected chi connectivity index (χ1v) is 4.39. The van der Waals surface area contributed by atoms with Crippen LogP contribution in [0.5, 0.6) is 0 Å². The molecule has 0 aliphatic rings. The molecule has 0 aliphatic carbocycles. The number of aliphatic hydroxyl groups is 1. The van der Waals surface area contributed by atoms with Gasteiger partial charge in [-0.2, -0.15) is 0 Å². The lowest BCUT2D eigenvalue weighted by atomic mass is 10.2. The molecule has 0 aliphatic heterocycles. The first kappa shape index (κ1) is 8.64. The van der Waals surface area contributed by atoms with Crippen LogP contribution in [0.25, 0.3) is 0 Å². The van der Waals surface area contributed by atoms with Gasteiger partial charge in [0, 0.05) is 17.8 Å². The van der Waals surface area contributed by atoms with Gasteiger partial charge in [0.1, 0.15) is 0 Å². The van der Waals surface area contributed by atoms with Crippen LogP contribution in [0.3, 0.4) is 0 Å². The van der Waals surface area contributed by atoms with Crippen LogP contribution in [0.15, 0.2) is 5.51 Å². The zero-order chi connectivity index (χ0) is 8.27. The molecule has 0 fully saturated rings. The van der Waals surface area contributed by atoms with Gasteiger partial charge in [0.15, 0.2) is 0 Å². The van der Waals surface area contributed by atoms with E-state index >= 15 is 0 Å². The second-order valence-electron chi connectivity index (χ2n) is 2.45. The third-order valence-corrected chi connectivity index (χ3v) is 2.50. The SMILES string of the molecule is Cc1ncsc1CC(O)CN. The van der Waals surface area contributed by atoms with Crippen molar-refractivity contribution in [2.45, 2.75) is 19.4 Å². The van der Waals surface area contributed by atoms with E-state index in [1.807, 2.05) is 6.92 Å². The summed E-state index contributed by atoms with van der Waals surface area (Å²) in [5, 5.41) is 9.21. The smallest absolute Gasteiger partial charge is 0.0797 e. The van der Waals surface area contributed by atoms with E-state index in [-0.39, 0.29) is 0 Å². The lowest BCUT2D eigenvalue weighted by Crippen LogP contribution is -2.21. The van der Waals surface area contributed by atoms with Crippen molar-refractivity contribution in [1.82, 2.24) is 4.98 Å². The van der Waals surface area contributed by atoms with Crippen molar-refractivity contribution in [2.24, 2.45) is 5.73 Å². The molecule has 0 amide bonds. The zero-order valence-electron chi connectivity index (χ0n) is 6.45. The zero-order valence-corrected chi connectivity index (χ0v) is 7.27. The lowest BCUT2D eigenvalue weighted by molar-refractivity contribution is 0.184. The summed E-state index contributed by atoms with van der Waals surface area (Å²) in [6.07, 6.45) is 0.210. The van der Waals surface area contributed by atoms with Crippen LogP contribution in [0.4, 0.5) is 0 Å². The van der Waals surface area contributed by atoms with E-state index in [0.29, 0.717) is 13.0 Å². The van der Waals surface area contributed by atoms with Crippen LogP contribution in [-0.2, 0) is 6.42 Å². The van der Waals surface area contributed by atoms with E-state index in [1.54, 1.807) is 16.8 Å². The van der Waals surface area contributed by atoms with Crippen LogP contribution >= 0.6 is 11.3 Å². The molecule has 62 valence electrons. The van der Waals surface area contributed by atoms with Crippen LogP contribution in [0.2, 0.25) is 0 Å². The Morgan fingerprint density at radius 1 is 1.82 bits per heavy atom. The second kappa shape index (κ2) is 3.80. The number of hydrogen-bond donors (Lipinski definition) is 2. The summed E-state index contributed by atoms with van der Waals surface area (Å²) in [5.41, 5.74) is 8.06. The number of rotatable bonds is 3. The summed E-state index contributed by atoms with van der Waals surface area (Å²) < 4.78 is 0. The minimum absolute atomic E-state index is 0.317. The summed E-state index contributed by atoms with van der Waals surface area (Å²) >= 11 is 1.57. The topological polar surface area (TPSA) is 59.1 Å². The van der Waals surface area contributed by atoms with E-state index < -0.39 is 6.10 Å². The van der Waals surface area contributed by atoms with Gasteiger partial charge in [0.05, 0.1) is 17.3 Å². The first-order valence-electron chi connectivity index (χ1n) is 3.51. The lowest BCUT2D eigenvalue weighted by Gasteiger charge is -2.04. The van der Waals surface area contributed by atoms with Gasteiger partial charge in [-0.3, -0.25) is 0 Å². The molecule has 1 rings (SSSR count). The fourth-order valence-electron chi connectivity index (χ4n) is 0.819. The normalized spacial score (nSPS) is 13.4. The average molecular weight is 172 g/mol. The predicted octanol–water partition coefficient (Wildman–Crippen LogP) is 0.314. The molecule has 0 spiro atoms. The fraction of sp³-hybridized carbons (Fsp3) is 0.571. The molecule has 1 unspecified atom stereocenters. The molecule has 1 atom stereocenters. The summed E-state index contributed by atoms with van der Waals surface area (Å²) in [6.45, 7) is 2.26. The summed E-state index contributed by atoms with van der Waals surface area (Å²) in [4.78, 5) is 5.20. The molecule has 3 nitrogen and oxygen atoms in total. The van der Waals surface area contributed by atoms with Crippen LogP contribution in [0.1, 0.15) is 10.6 Å². The number of hydrogen-bond acceptors (Lipinski definition) is 4. The Morgan fingerprint density at radius 3 is 3.00 bits per heavy atom. The van der Waals surface area contributed by atoms with Crippen molar-refractivity contribution < 1.29 is 5.11 Å². The Balaban J connectivity index is 2.56. The van der Waals surface area contributed by atoms with Gasteiger partial charge in [-0.15, -0.1) is 11.3 Å². The molecule has 11 heavy (non-hydrogen) atoms. The largest absolute Gasteiger partial charge is 0.391 e. The Hall–Kier alpha value is -0.450. The summed E-state index contributed by atoms with van der Waals surface area (Å²) in [6, 6.07) is 0. The third-order valence-electron chi connectivity index (χ3n) is 1.54. The highest BCUT2D eigenvalue weighted by molar-refractivity contribution is 7.09. The molecule has 1 aromatic rings. The highest BCUT2D eigenvalue weighted by Crippen LogP contribution is 2.13. The van der Waals surface area contributed by atoms with Crippen molar-refractivity contribution in [1.29, 1.82) is 0 Å². The van der Waals surface area contributed by atoms with Gasteiger partial charge in [0.25, 0.3) is 0 Å². The number of aliphatic hydroxyl groups excluding tert-OH is 1. The van der Waals surface area contributed by atoms with E-state index in [9.17, 15) is 5.11 Å². The average Bonchev–Trinajstić information content (AvgIpc) is 2.37. The Labute approximate surface area is 69.9 Å². The fourth-order valence-corrected chi connectivity index (χ4v) is 1.67. The molecule has 0 aromatic carbocycles. The van der Waals surface area contributed by atoms with Crippen molar-refractivity contribution in [3.63, 3.8) is 0 Å². The molecule has 4 heteroatoms. The summed E-state index contributed by atoms with van der Waals surface area (Å²) in [7, 11) is 0. The molecule has 1 aromatic heterocycles. The van der Waals surface area contributed by atoms with Gasteiger partial charge in [-0.25, -0.2) is 4.98 Å². The molecular formula is C7H12N2OS. The third kappa shape index (κ3) is 2.25. The number of nitrogens with two attached hydrogens (primary N) is 1. The van der Waals surface area contributed by atoms with Gasteiger partial charge >= 0.3 is 0 Å². The van der Waals surface area contributed by atoms with Crippen molar-refractivity contribution in [3.05, 3.63) is 16.1 Å². The molecule has 1 heterocycles. The molecule has 3 N–H and O–H groups in total. The second-order valence-corrected chi connectivity index (χ2v) is 3.39. The number of thiazole rings is 1. The maximum Gasteiger partial charge on any atom is 0.0797 e. The molecule has 0 saturated carbocycles. The van der Waals surface area contributed by atoms with E-state index in [1.165, 1.54) is 0 Å². The highest BCUT2D eigenvalue weighted by atomic mass is 32.1.